The van der Waals surface area contributed by atoms with Gasteiger partial charge in [-0.3, -0.25) is 0 Å². The van der Waals surface area contributed by atoms with Gasteiger partial charge in [0.25, 0.3) is 0 Å². The van der Waals surface area contributed by atoms with Gasteiger partial charge in [-0.2, -0.15) is 0 Å². The van der Waals surface area contributed by atoms with Crippen molar-refractivity contribution in [3.8, 4) is 11.5 Å². The molecule has 1 atom stereocenters. The summed E-state index contributed by atoms with van der Waals surface area (Å²) >= 11 is 3.46. The summed E-state index contributed by atoms with van der Waals surface area (Å²) in [5.41, 5.74) is 2.90. The summed E-state index contributed by atoms with van der Waals surface area (Å²) < 4.78 is 19.0. The van der Waals surface area contributed by atoms with Crippen LogP contribution in [0.5, 0.6) is 11.5 Å². The van der Waals surface area contributed by atoms with Crippen LogP contribution in [0.15, 0.2) is 77.5 Å². The summed E-state index contributed by atoms with van der Waals surface area (Å²) in [4.78, 5) is 8.83. The fraction of sp³-hybridized carbons (Fsp3) is 0.200. The quantitative estimate of drug-likeness (QED) is 0.325. The zero-order chi connectivity index (χ0) is 21.8. The molecule has 0 saturated carbocycles. The first kappa shape index (κ1) is 20.7. The molecule has 1 aliphatic heterocycles. The van der Waals surface area contributed by atoms with Gasteiger partial charge in [0.2, 0.25) is 0 Å². The SMILES string of the molecule is Brc1ccc(Nc2ncnc3cc4c(cc23)OC(CCOCc2ccccc2)CO4)cc1. The Labute approximate surface area is 194 Å². The molecule has 1 aromatic heterocycles. The molecule has 32 heavy (non-hydrogen) atoms. The molecule has 0 aliphatic carbocycles. The Morgan fingerprint density at radius 2 is 1.84 bits per heavy atom. The maximum Gasteiger partial charge on any atom is 0.163 e. The molecule has 1 unspecified atom stereocenters. The maximum atomic E-state index is 6.22. The number of fused-ring (bicyclic) bond motifs is 2. The van der Waals surface area contributed by atoms with E-state index in [1.165, 1.54) is 0 Å². The van der Waals surface area contributed by atoms with Gasteiger partial charge in [-0.05, 0) is 35.9 Å². The minimum Gasteiger partial charge on any atom is -0.486 e. The second-order valence-electron chi connectivity index (χ2n) is 7.55. The molecule has 0 radical (unpaired) electrons. The van der Waals surface area contributed by atoms with Gasteiger partial charge in [0.05, 0.1) is 18.7 Å². The molecule has 7 heteroatoms. The number of halogens is 1. The van der Waals surface area contributed by atoms with E-state index in [0.717, 1.165) is 38.9 Å². The lowest BCUT2D eigenvalue weighted by Crippen LogP contribution is -2.30. The van der Waals surface area contributed by atoms with Gasteiger partial charge in [0, 0.05) is 28.0 Å². The first-order valence-electron chi connectivity index (χ1n) is 10.5. The molecule has 1 aliphatic rings. The van der Waals surface area contributed by atoms with Crippen molar-refractivity contribution < 1.29 is 14.2 Å². The van der Waals surface area contributed by atoms with E-state index in [9.17, 15) is 0 Å². The molecule has 0 fully saturated rings. The number of aromatic nitrogens is 2. The molecule has 6 nitrogen and oxygen atoms in total. The van der Waals surface area contributed by atoms with E-state index in [1.807, 2.05) is 54.6 Å². The monoisotopic (exact) mass is 491 g/mol. The topological polar surface area (TPSA) is 65.5 Å². The number of rotatable bonds is 7. The minimum atomic E-state index is -0.0664. The highest BCUT2D eigenvalue weighted by atomic mass is 79.9. The molecule has 5 rings (SSSR count). The number of benzene rings is 3. The summed E-state index contributed by atoms with van der Waals surface area (Å²) in [6.07, 6.45) is 2.23. The smallest absolute Gasteiger partial charge is 0.163 e. The highest BCUT2D eigenvalue weighted by molar-refractivity contribution is 9.10. The van der Waals surface area contributed by atoms with E-state index in [1.54, 1.807) is 6.33 Å². The highest BCUT2D eigenvalue weighted by Crippen LogP contribution is 2.38. The van der Waals surface area contributed by atoms with Crippen molar-refractivity contribution in [3.63, 3.8) is 0 Å². The van der Waals surface area contributed by atoms with Crippen LogP contribution in [0.3, 0.4) is 0 Å². The Balaban J connectivity index is 1.27. The molecular weight excluding hydrogens is 470 g/mol. The second-order valence-corrected chi connectivity index (χ2v) is 8.46. The van der Waals surface area contributed by atoms with Crippen LogP contribution in [0.4, 0.5) is 11.5 Å². The van der Waals surface area contributed by atoms with Crippen LogP contribution in [0, 0.1) is 0 Å². The van der Waals surface area contributed by atoms with Crippen molar-refractivity contribution in [1.29, 1.82) is 0 Å². The van der Waals surface area contributed by atoms with Crippen LogP contribution in [0.25, 0.3) is 10.9 Å². The summed E-state index contributed by atoms with van der Waals surface area (Å²) in [6, 6.07) is 21.9. The summed E-state index contributed by atoms with van der Waals surface area (Å²) in [5.74, 6) is 2.12. The van der Waals surface area contributed by atoms with Crippen molar-refractivity contribution in [2.45, 2.75) is 19.1 Å². The third-order valence-corrected chi connectivity index (χ3v) is 5.75. The van der Waals surface area contributed by atoms with Crippen molar-refractivity contribution in [2.24, 2.45) is 0 Å². The largest absolute Gasteiger partial charge is 0.486 e. The van der Waals surface area contributed by atoms with Crippen LogP contribution in [-0.2, 0) is 11.3 Å². The number of nitrogens with zero attached hydrogens (tertiary/aromatic N) is 2. The van der Waals surface area contributed by atoms with Crippen LogP contribution in [0.1, 0.15) is 12.0 Å². The predicted octanol–water partition coefficient (Wildman–Crippen LogP) is 5.88. The van der Waals surface area contributed by atoms with Crippen molar-refractivity contribution in [2.75, 3.05) is 18.5 Å². The van der Waals surface area contributed by atoms with E-state index >= 15 is 0 Å². The normalized spacial score (nSPS) is 15.0. The zero-order valence-electron chi connectivity index (χ0n) is 17.3. The number of hydrogen-bond donors (Lipinski definition) is 1. The van der Waals surface area contributed by atoms with Crippen LogP contribution < -0.4 is 14.8 Å². The van der Waals surface area contributed by atoms with E-state index in [-0.39, 0.29) is 6.10 Å². The average molecular weight is 492 g/mol. The minimum absolute atomic E-state index is 0.0664. The van der Waals surface area contributed by atoms with E-state index in [4.69, 9.17) is 14.2 Å². The Morgan fingerprint density at radius 3 is 2.69 bits per heavy atom. The lowest BCUT2D eigenvalue weighted by Gasteiger charge is -2.27. The van der Waals surface area contributed by atoms with E-state index in [2.05, 4.69) is 43.3 Å². The standard InChI is InChI=1S/C25H22BrN3O3/c26-18-6-8-19(9-7-18)29-25-21-12-24-23(13-22(21)27-16-28-25)31-15-20(32-24)10-11-30-14-17-4-2-1-3-5-17/h1-9,12-13,16,20H,10-11,14-15H2,(H,27,28,29). The molecule has 0 bridgehead atoms. The van der Waals surface area contributed by atoms with E-state index in [0.29, 0.717) is 31.3 Å². The third-order valence-electron chi connectivity index (χ3n) is 5.22. The first-order valence-corrected chi connectivity index (χ1v) is 11.3. The first-order chi connectivity index (χ1) is 15.7. The lowest BCUT2D eigenvalue weighted by atomic mass is 10.1. The van der Waals surface area contributed by atoms with Crippen LogP contribution in [-0.4, -0.2) is 29.3 Å². The Bertz CT molecular complexity index is 1200. The Morgan fingerprint density at radius 1 is 1.00 bits per heavy atom. The van der Waals surface area contributed by atoms with E-state index < -0.39 is 0 Å². The van der Waals surface area contributed by atoms with Gasteiger partial charge < -0.3 is 19.5 Å². The Kier molecular flexibility index (Phi) is 6.18. The molecule has 0 amide bonds. The number of hydrogen-bond acceptors (Lipinski definition) is 6. The maximum absolute atomic E-state index is 6.22. The van der Waals surface area contributed by atoms with Crippen LogP contribution >= 0.6 is 15.9 Å². The molecular formula is C25H22BrN3O3. The lowest BCUT2D eigenvalue weighted by molar-refractivity contribution is 0.0443. The number of ether oxygens (including phenoxy) is 3. The zero-order valence-corrected chi connectivity index (χ0v) is 18.9. The van der Waals surface area contributed by atoms with Gasteiger partial charge in [-0.15, -0.1) is 0 Å². The number of nitrogens with one attached hydrogen (secondary N) is 1. The molecule has 1 N–H and O–H groups in total. The van der Waals surface area contributed by atoms with Gasteiger partial charge in [-0.25, -0.2) is 9.97 Å². The molecule has 0 spiro atoms. The summed E-state index contributed by atoms with van der Waals surface area (Å²) in [6.45, 7) is 1.69. The summed E-state index contributed by atoms with van der Waals surface area (Å²) in [7, 11) is 0. The van der Waals surface area contributed by atoms with Gasteiger partial charge in [0.15, 0.2) is 11.5 Å². The Hall–Kier alpha value is -3.16. The van der Waals surface area contributed by atoms with Crippen LogP contribution in [0.2, 0.25) is 0 Å². The predicted molar refractivity (Wildman–Crippen MR) is 128 cm³/mol. The highest BCUT2D eigenvalue weighted by Gasteiger charge is 2.22. The molecule has 2 heterocycles. The fourth-order valence-electron chi connectivity index (χ4n) is 3.56. The third kappa shape index (κ3) is 4.84. The summed E-state index contributed by atoms with van der Waals surface area (Å²) in [5, 5.41) is 4.24. The molecule has 3 aromatic carbocycles. The van der Waals surface area contributed by atoms with Crippen molar-refractivity contribution in [3.05, 3.63) is 83.1 Å². The van der Waals surface area contributed by atoms with Crippen molar-refractivity contribution in [1.82, 2.24) is 9.97 Å². The number of anilines is 2. The fourth-order valence-corrected chi connectivity index (χ4v) is 3.82. The second kappa shape index (κ2) is 9.54. The molecule has 4 aromatic rings. The van der Waals surface area contributed by atoms with Crippen molar-refractivity contribution >= 4 is 38.3 Å². The van der Waals surface area contributed by atoms with Gasteiger partial charge >= 0.3 is 0 Å². The van der Waals surface area contributed by atoms with Gasteiger partial charge in [-0.1, -0.05) is 46.3 Å². The van der Waals surface area contributed by atoms with Gasteiger partial charge in [0.1, 0.15) is 24.9 Å². The molecule has 162 valence electrons. The average Bonchev–Trinajstić information content (AvgIpc) is 2.83. The molecule has 0 saturated heterocycles.